The van der Waals surface area contributed by atoms with E-state index >= 15 is 0 Å². The minimum atomic E-state index is -2.91. The van der Waals surface area contributed by atoms with Crippen molar-refractivity contribution < 1.29 is 9.09 Å². The molecule has 1 aromatic rings. The first-order chi connectivity index (χ1) is 9.38. The molecule has 0 saturated carbocycles. The molecular formula is C16H24NO2P. The molecule has 1 saturated heterocycles. The van der Waals surface area contributed by atoms with Crippen LogP contribution in [0.2, 0.25) is 0 Å². The molecule has 3 nitrogen and oxygen atoms in total. The van der Waals surface area contributed by atoms with E-state index < -0.39 is 7.52 Å². The number of hydrogen-bond acceptors (Lipinski definition) is 2. The van der Waals surface area contributed by atoms with Crippen LogP contribution in [0.25, 0.3) is 0 Å². The van der Waals surface area contributed by atoms with Gasteiger partial charge in [-0.2, -0.15) is 0 Å². The molecule has 1 aliphatic rings. The van der Waals surface area contributed by atoms with Crippen molar-refractivity contribution in [2.75, 3.05) is 6.54 Å². The smallest absolute Gasteiger partial charge is 0.295 e. The fraction of sp³-hybridized carbons (Fsp3) is 0.500. The summed E-state index contributed by atoms with van der Waals surface area (Å²) in [6.45, 7) is 8.77. The van der Waals surface area contributed by atoms with E-state index in [1.807, 2.05) is 49.7 Å². The maximum Gasteiger partial charge on any atom is 0.295 e. The van der Waals surface area contributed by atoms with Crippen LogP contribution in [0.4, 0.5) is 0 Å². The number of hydrogen-bond donors (Lipinski definition) is 0. The van der Waals surface area contributed by atoms with Gasteiger partial charge in [-0.25, -0.2) is 4.67 Å². The van der Waals surface area contributed by atoms with Gasteiger partial charge in [-0.05, 0) is 39.7 Å². The van der Waals surface area contributed by atoms with E-state index in [-0.39, 0.29) is 11.6 Å². The summed E-state index contributed by atoms with van der Waals surface area (Å²) < 4.78 is 21.2. The molecule has 0 amide bonds. The summed E-state index contributed by atoms with van der Waals surface area (Å²) in [4.78, 5) is 0. The number of rotatable bonds is 3. The third-order valence-electron chi connectivity index (χ3n) is 3.75. The highest BCUT2D eigenvalue weighted by Crippen LogP contribution is 2.61. The fourth-order valence-electron chi connectivity index (χ4n) is 2.62. The van der Waals surface area contributed by atoms with Gasteiger partial charge in [-0.15, -0.1) is 0 Å². The average molecular weight is 293 g/mol. The SMILES string of the molecule is C/C=C/[P@@]1(=O)OC(C)(C)CCN1[C@@H](C)c1ccccc1. The molecule has 1 aromatic carbocycles. The first kappa shape index (κ1) is 15.5. The van der Waals surface area contributed by atoms with Gasteiger partial charge in [0, 0.05) is 18.4 Å². The lowest BCUT2D eigenvalue weighted by atomic mass is 10.0. The summed E-state index contributed by atoms with van der Waals surface area (Å²) in [6, 6.07) is 10.3. The van der Waals surface area contributed by atoms with Crippen molar-refractivity contribution in [1.82, 2.24) is 4.67 Å². The van der Waals surface area contributed by atoms with Gasteiger partial charge in [0.2, 0.25) is 0 Å². The van der Waals surface area contributed by atoms with Gasteiger partial charge in [0.25, 0.3) is 7.52 Å². The Morgan fingerprint density at radius 1 is 1.35 bits per heavy atom. The van der Waals surface area contributed by atoms with E-state index in [0.29, 0.717) is 0 Å². The molecule has 0 radical (unpaired) electrons. The lowest BCUT2D eigenvalue weighted by Crippen LogP contribution is -2.39. The maximum atomic E-state index is 13.2. The highest BCUT2D eigenvalue weighted by atomic mass is 31.2. The van der Waals surface area contributed by atoms with Crippen molar-refractivity contribution in [3.05, 3.63) is 47.8 Å². The lowest BCUT2D eigenvalue weighted by Gasteiger charge is -2.44. The molecule has 0 N–H and O–H groups in total. The summed E-state index contributed by atoms with van der Waals surface area (Å²) >= 11 is 0. The van der Waals surface area contributed by atoms with Crippen molar-refractivity contribution in [1.29, 1.82) is 0 Å². The predicted octanol–water partition coefficient (Wildman–Crippen LogP) is 4.98. The quantitative estimate of drug-likeness (QED) is 0.736. The number of benzene rings is 1. The summed E-state index contributed by atoms with van der Waals surface area (Å²) in [5.41, 5.74) is 0.836. The van der Waals surface area contributed by atoms with Crippen molar-refractivity contribution in [2.24, 2.45) is 0 Å². The zero-order valence-corrected chi connectivity index (χ0v) is 13.6. The molecule has 1 fully saturated rings. The Hall–Kier alpha value is -0.890. The summed E-state index contributed by atoms with van der Waals surface area (Å²) in [5.74, 6) is 1.73. The van der Waals surface area contributed by atoms with Crippen LogP contribution in [0, 0.1) is 0 Å². The topological polar surface area (TPSA) is 29.5 Å². The molecule has 4 heteroatoms. The molecule has 0 unspecified atom stereocenters. The van der Waals surface area contributed by atoms with Crippen molar-refractivity contribution >= 4 is 7.52 Å². The van der Waals surface area contributed by atoms with Crippen molar-refractivity contribution in [2.45, 2.75) is 45.8 Å². The maximum absolute atomic E-state index is 13.2. The van der Waals surface area contributed by atoms with Gasteiger partial charge in [-0.3, -0.25) is 4.57 Å². The monoisotopic (exact) mass is 293 g/mol. The van der Waals surface area contributed by atoms with E-state index in [1.54, 1.807) is 5.82 Å². The Morgan fingerprint density at radius 2 is 2.00 bits per heavy atom. The van der Waals surface area contributed by atoms with Gasteiger partial charge >= 0.3 is 0 Å². The first-order valence-electron chi connectivity index (χ1n) is 7.14. The predicted molar refractivity (Wildman–Crippen MR) is 83.8 cm³/mol. The molecule has 20 heavy (non-hydrogen) atoms. The van der Waals surface area contributed by atoms with Crippen molar-refractivity contribution in [3.8, 4) is 0 Å². The standard InChI is InChI=1S/C16H24NO2P/c1-5-13-20(18)17(12-11-16(3,4)19-20)14(2)15-9-7-6-8-10-15/h5-10,13-14H,11-12H2,1-4H3/b13-5+/t14-,20+/m0/s1. The van der Waals surface area contributed by atoms with Gasteiger partial charge < -0.3 is 4.52 Å². The zero-order chi connectivity index (χ0) is 14.8. The molecule has 110 valence electrons. The van der Waals surface area contributed by atoms with Gasteiger partial charge in [0.05, 0.1) is 5.60 Å². The Kier molecular flexibility index (Phi) is 4.53. The number of nitrogens with zero attached hydrogens (tertiary/aromatic N) is 1. The lowest BCUT2D eigenvalue weighted by molar-refractivity contribution is 0.0477. The largest absolute Gasteiger partial charge is 0.308 e. The normalized spacial score (nSPS) is 28.6. The Balaban J connectivity index is 2.32. The highest BCUT2D eigenvalue weighted by Gasteiger charge is 2.43. The van der Waals surface area contributed by atoms with E-state index in [2.05, 4.69) is 19.1 Å². The van der Waals surface area contributed by atoms with Crippen LogP contribution >= 0.6 is 7.52 Å². The van der Waals surface area contributed by atoms with Gasteiger partial charge in [0.1, 0.15) is 0 Å². The van der Waals surface area contributed by atoms with Gasteiger partial charge in [0.15, 0.2) is 0 Å². The van der Waals surface area contributed by atoms with Crippen LogP contribution in [0.15, 0.2) is 42.2 Å². The van der Waals surface area contributed by atoms with Crippen molar-refractivity contribution in [3.63, 3.8) is 0 Å². The summed E-state index contributed by atoms with van der Waals surface area (Å²) in [7, 11) is -2.91. The molecule has 0 aromatic heterocycles. The second-order valence-corrected chi connectivity index (χ2v) is 8.02. The van der Waals surface area contributed by atoms with Crippen LogP contribution in [0.5, 0.6) is 0 Å². The van der Waals surface area contributed by atoms with E-state index in [4.69, 9.17) is 4.52 Å². The Morgan fingerprint density at radius 3 is 2.60 bits per heavy atom. The fourth-order valence-corrected chi connectivity index (χ4v) is 5.13. The molecule has 0 aliphatic carbocycles. The minimum Gasteiger partial charge on any atom is -0.308 e. The van der Waals surface area contributed by atoms with Crippen LogP contribution in [-0.2, 0) is 9.09 Å². The molecule has 0 spiro atoms. The average Bonchev–Trinajstić information content (AvgIpc) is 2.38. The second-order valence-electron chi connectivity index (χ2n) is 5.90. The molecule has 0 bridgehead atoms. The molecular weight excluding hydrogens is 269 g/mol. The van der Waals surface area contributed by atoms with E-state index in [0.717, 1.165) is 13.0 Å². The second kappa shape index (κ2) is 5.85. The van der Waals surface area contributed by atoms with Gasteiger partial charge in [-0.1, -0.05) is 36.4 Å². The first-order valence-corrected chi connectivity index (χ1v) is 8.79. The molecule has 2 atom stereocenters. The Bertz CT molecular complexity index is 525. The van der Waals surface area contributed by atoms with Crippen LogP contribution < -0.4 is 0 Å². The third kappa shape index (κ3) is 3.22. The molecule has 1 heterocycles. The van der Waals surface area contributed by atoms with Crippen LogP contribution in [0.3, 0.4) is 0 Å². The Labute approximate surface area is 122 Å². The van der Waals surface area contributed by atoms with E-state index in [9.17, 15) is 4.57 Å². The minimum absolute atomic E-state index is 0.0781. The summed E-state index contributed by atoms with van der Waals surface area (Å²) in [5, 5.41) is 0. The van der Waals surface area contributed by atoms with Crippen LogP contribution in [0.1, 0.15) is 45.7 Å². The zero-order valence-electron chi connectivity index (χ0n) is 12.7. The molecule has 1 aliphatic heterocycles. The van der Waals surface area contributed by atoms with E-state index in [1.165, 1.54) is 5.56 Å². The number of allylic oxidation sites excluding steroid dienone is 1. The third-order valence-corrected chi connectivity index (χ3v) is 6.44. The van der Waals surface area contributed by atoms with Crippen LogP contribution in [-0.4, -0.2) is 16.8 Å². The highest BCUT2D eigenvalue weighted by molar-refractivity contribution is 7.59. The summed E-state index contributed by atoms with van der Waals surface area (Å²) in [6.07, 6.45) is 2.71. The molecule has 2 rings (SSSR count).